The minimum absolute atomic E-state index is 0.121. The SMILES string of the molecule is O=C(COc1ccc(Cl)cc1)Nc1ccc2nc(-c3cccc(Cl)c3)oc2c1. The lowest BCUT2D eigenvalue weighted by Gasteiger charge is -2.07. The van der Waals surface area contributed by atoms with E-state index in [1.54, 1.807) is 54.6 Å². The summed E-state index contributed by atoms with van der Waals surface area (Å²) in [6.07, 6.45) is 0. The average Bonchev–Trinajstić information content (AvgIpc) is 3.11. The molecule has 140 valence electrons. The molecule has 0 spiro atoms. The summed E-state index contributed by atoms with van der Waals surface area (Å²) in [5.74, 6) is 0.743. The quantitative estimate of drug-likeness (QED) is 0.448. The van der Waals surface area contributed by atoms with Gasteiger partial charge in [-0.25, -0.2) is 4.98 Å². The van der Waals surface area contributed by atoms with Gasteiger partial charge in [-0.1, -0.05) is 29.3 Å². The molecule has 0 unspecified atom stereocenters. The third-order valence-electron chi connectivity index (χ3n) is 3.93. The van der Waals surface area contributed by atoms with Crippen LogP contribution in [0.15, 0.2) is 71.1 Å². The molecule has 0 saturated heterocycles. The number of fused-ring (bicyclic) bond motifs is 1. The van der Waals surface area contributed by atoms with E-state index >= 15 is 0 Å². The van der Waals surface area contributed by atoms with E-state index in [2.05, 4.69) is 10.3 Å². The molecule has 0 aliphatic heterocycles. The predicted molar refractivity (Wildman–Crippen MR) is 110 cm³/mol. The molecule has 4 rings (SSSR count). The van der Waals surface area contributed by atoms with Crippen molar-refractivity contribution in [2.24, 2.45) is 0 Å². The number of nitrogens with one attached hydrogen (secondary N) is 1. The van der Waals surface area contributed by atoms with E-state index in [1.165, 1.54) is 0 Å². The number of rotatable bonds is 5. The van der Waals surface area contributed by atoms with Crippen molar-refractivity contribution in [3.63, 3.8) is 0 Å². The highest BCUT2D eigenvalue weighted by Gasteiger charge is 2.11. The zero-order chi connectivity index (χ0) is 19.5. The number of hydrogen-bond donors (Lipinski definition) is 1. The summed E-state index contributed by atoms with van der Waals surface area (Å²) >= 11 is 11.8. The molecule has 28 heavy (non-hydrogen) atoms. The lowest BCUT2D eigenvalue weighted by Crippen LogP contribution is -2.20. The Hall–Kier alpha value is -3.02. The van der Waals surface area contributed by atoms with E-state index in [0.29, 0.717) is 38.5 Å². The van der Waals surface area contributed by atoms with Crippen molar-refractivity contribution in [2.45, 2.75) is 0 Å². The molecule has 0 fully saturated rings. The van der Waals surface area contributed by atoms with Crippen LogP contribution in [0.3, 0.4) is 0 Å². The second kappa shape index (κ2) is 7.92. The van der Waals surface area contributed by atoms with Crippen LogP contribution in [-0.4, -0.2) is 17.5 Å². The smallest absolute Gasteiger partial charge is 0.262 e. The van der Waals surface area contributed by atoms with Crippen molar-refractivity contribution in [3.8, 4) is 17.2 Å². The summed E-state index contributed by atoms with van der Waals surface area (Å²) in [4.78, 5) is 16.6. The van der Waals surface area contributed by atoms with Gasteiger partial charge in [0.25, 0.3) is 5.91 Å². The summed E-state index contributed by atoms with van der Waals surface area (Å²) in [6.45, 7) is -0.121. The summed E-state index contributed by atoms with van der Waals surface area (Å²) in [5.41, 5.74) is 2.62. The Bertz CT molecular complexity index is 1140. The van der Waals surface area contributed by atoms with Gasteiger partial charge < -0.3 is 14.5 Å². The lowest BCUT2D eigenvalue weighted by atomic mass is 10.2. The number of benzene rings is 3. The van der Waals surface area contributed by atoms with Crippen molar-refractivity contribution in [1.82, 2.24) is 4.98 Å². The fourth-order valence-corrected chi connectivity index (χ4v) is 2.94. The predicted octanol–water partition coefficient (Wildman–Crippen LogP) is 5.82. The molecule has 0 saturated carbocycles. The van der Waals surface area contributed by atoms with E-state index in [9.17, 15) is 4.79 Å². The number of hydrogen-bond acceptors (Lipinski definition) is 4. The molecule has 7 heteroatoms. The van der Waals surface area contributed by atoms with Crippen molar-refractivity contribution in [2.75, 3.05) is 11.9 Å². The number of aromatic nitrogens is 1. The molecule has 0 aliphatic rings. The Morgan fingerprint density at radius 3 is 2.61 bits per heavy atom. The molecule has 1 N–H and O–H groups in total. The van der Waals surface area contributed by atoms with Gasteiger partial charge in [-0.2, -0.15) is 0 Å². The highest BCUT2D eigenvalue weighted by molar-refractivity contribution is 6.31. The maximum Gasteiger partial charge on any atom is 0.262 e. The number of oxazole rings is 1. The number of nitrogens with zero attached hydrogens (tertiary/aromatic N) is 1. The molecular weight excluding hydrogens is 399 g/mol. The maximum atomic E-state index is 12.1. The van der Waals surface area contributed by atoms with Crippen LogP contribution in [-0.2, 0) is 4.79 Å². The van der Waals surface area contributed by atoms with Crippen LogP contribution in [0, 0.1) is 0 Å². The van der Waals surface area contributed by atoms with Crippen LogP contribution in [0.2, 0.25) is 10.0 Å². The fourth-order valence-electron chi connectivity index (χ4n) is 2.62. The number of anilines is 1. The monoisotopic (exact) mass is 412 g/mol. The third-order valence-corrected chi connectivity index (χ3v) is 4.41. The number of ether oxygens (including phenoxy) is 1. The molecule has 3 aromatic carbocycles. The van der Waals surface area contributed by atoms with Crippen molar-refractivity contribution >= 4 is 45.9 Å². The normalized spacial score (nSPS) is 10.8. The van der Waals surface area contributed by atoms with E-state index in [1.807, 2.05) is 12.1 Å². The Kier molecular flexibility index (Phi) is 5.19. The van der Waals surface area contributed by atoms with Gasteiger partial charge in [0.1, 0.15) is 11.3 Å². The zero-order valence-electron chi connectivity index (χ0n) is 14.5. The van der Waals surface area contributed by atoms with Gasteiger partial charge in [0, 0.05) is 27.4 Å². The molecule has 1 heterocycles. The number of amides is 1. The minimum Gasteiger partial charge on any atom is -0.484 e. The highest BCUT2D eigenvalue weighted by atomic mass is 35.5. The largest absolute Gasteiger partial charge is 0.484 e. The molecule has 0 aliphatic carbocycles. The molecule has 0 radical (unpaired) electrons. The first-order valence-corrected chi connectivity index (χ1v) is 9.17. The maximum absolute atomic E-state index is 12.1. The Morgan fingerprint density at radius 2 is 1.82 bits per heavy atom. The standard InChI is InChI=1S/C21H14Cl2N2O3/c22-14-4-7-17(8-5-14)27-12-20(26)24-16-6-9-18-19(11-16)28-21(25-18)13-2-1-3-15(23)10-13/h1-11H,12H2,(H,24,26). The second-order valence-corrected chi connectivity index (χ2v) is 6.88. The van der Waals surface area contributed by atoms with Gasteiger partial charge in [0.15, 0.2) is 12.2 Å². The average molecular weight is 413 g/mol. The van der Waals surface area contributed by atoms with Crippen molar-refractivity contribution in [3.05, 3.63) is 76.8 Å². The van der Waals surface area contributed by atoms with Crippen LogP contribution in [0.4, 0.5) is 5.69 Å². The van der Waals surface area contributed by atoms with Gasteiger partial charge in [-0.15, -0.1) is 0 Å². The molecule has 0 bridgehead atoms. The summed E-state index contributed by atoms with van der Waals surface area (Å²) in [5, 5.41) is 3.99. The number of halogens is 2. The lowest BCUT2D eigenvalue weighted by molar-refractivity contribution is -0.118. The first kappa shape index (κ1) is 18.3. The van der Waals surface area contributed by atoms with E-state index < -0.39 is 0 Å². The Balaban J connectivity index is 1.45. The zero-order valence-corrected chi connectivity index (χ0v) is 16.0. The summed E-state index contributed by atoms with van der Waals surface area (Å²) < 4.78 is 11.2. The Morgan fingerprint density at radius 1 is 1.00 bits per heavy atom. The molecule has 5 nitrogen and oxygen atoms in total. The summed E-state index contributed by atoms with van der Waals surface area (Å²) in [7, 11) is 0. The molecule has 0 atom stereocenters. The Labute approximate surface area is 170 Å². The van der Waals surface area contributed by atoms with Crippen LogP contribution < -0.4 is 10.1 Å². The topological polar surface area (TPSA) is 64.4 Å². The molecule has 4 aromatic rings. The number of carbonyl (C=O) groups is 1. The van der Waals surface area contributed by atoms with Gasteiger partial charge in [-0.05, 0) is 54.6 Å². The second-order valence-electron chi connectivity index (χ2n) is 6.00. The van der Waals surface area contributed by atoms with Crippen LogP contribution in [0.25, 0.3) is 22.6 Å². The summed E-state index contributed by atoms with van der Waals surface area (Å²) in [6, 6.07) is 19.3. The van der Waals surface area contributed by atoms with Crippen molar-refractivity contribution < 1.29 is 13.9 Å². The fraction of sp³-hybridized carbons (Fsp3) is 0.0476. The van der Waals surface area contributed by atoms with Gasteiger partial charge in [0.05, 0.1) is 0 Å². The van der Waals surface area contributed by atoms with Crippen LogP contribution in [0.1, 0.15) is 0 Å². The van der Waals surface area contributed by atoms with Crippen LogP contribution >= 0.6 is 23.2 Å². The third kappa shape index (κ3) is 4.27. The number of carbonyl (C=O) groups excluding carboxylic acids is 1. The van der Waals surface area contributed by atoms with E-state index in [4.69, 9.17) is 32.4 Å². The van der Waals surface area contributed by atoms with Gasteiger partial charge in [-0.3, -0.25) is 4.79 Å². The highest BCUT2D eigenvalue weighted by Crippen LogP contribution is 2.27. The first-order chi connectivity index (χ1) is 13.6. The van der Waals surface area contributed by atoms with Gasteiger partial charge >= 0.3 is 0 Å². The van der Waals surface area contributed by atoms with Crippen molar-refractivity contribution in [1.29, 1.82) is 0 Å². The van der Waals surface area contributed by atoms with Gasteiger partial charge in [0.2, 0.25) is 5.89 Å². The minimum atomic E-state index is -0.288. The van der Waals surface area contributed by atoms with E-state index in [-0.39, 0.29) is 12.5 Å². The van der Waals surface area contributed by atoms with E-state index in [0.717, 1.165) is 5.56 Å². The molecular formula is C21H14Cl2N2O3. The molecule has 1 amide bonds. The first-order valence-electron chi connectivity index (χ1n) is 8.41. The van der Waals surface area contributed by atoms with Crippen LogP contribution in [0.5, 0.6) is 5.75 Å². The molecule has 1 aromatic heterocycles.